The van der Waals surface area contributed by atoms with Gasteiger partial charge < -0.3 is 19.6 Å². The van der Waals surface area contributed by atoms with Gasteiger partial charge >= 0.3 is 18.9 Å². The van der Waals surface area contributed by atoms with Gasteiger partial charge in [-0.05, 0) is 39.0 Å². The van der Waals surface area contributed by atoms with Gasteiger partial charge in [-0.3, -0.25) is 0 Å². The van der Waals surface area contributed by atoms with Gasteiger partial charge in [-0.15, -0.1) is 0 Å². The van der Waals surface area contributed by atoms with Crippen molar-refractivity contribution in [3.8, 4) is 0 Å². The summed E-state index contributed by atoms with van der Waals surface area (Å²) in [6, 6.07) is 16.7. The van der Waals surface area contributed by atoms with Crippen molar-refractivity contribution in [2.75, 3.05) is 82.6 Å². The number of nitrogens with one attached hydrogen (secondary N) is 2. The molecule has 0 bridgehead atoms. The minimum absolute atomic E-state index is 0. The Bertz CT molecular complexity index is 474. The molecular formula is C22H42LiN4+3. The van der Waals surface area contributed by atoms with Crippen LogP contribution in [0.3, 0.4) is 0 Å². The second kappa shape index (κ2) is 17.3. The minimum atomic E-state index is 0. The molecule has 0 aliphatic rings. The number of fused-ring (bicyclic) bond motifs is 1. The maximum absolute atomic E-state index is 2.18. The molecule has 2 N–H and O–H groups in total. The molecule has 4 nitrogen and oxygen atoms in total. The van der Waals surface area contributed by atoms with Gasteiger partial charge in [-0.2, -0.15) is 0 Å². The van der Waals surface area contributed by atoms with E-state index in [0.717, 1.165) is 13.1 Å². The molecule has 0 fully saturated rings. The Kier molecular flexibility index (Phi) is 18.1. The molecule has 0 aromatic heterocycles. The van der Waals surface area contributed by atoms with Crippen LogP contribution in [0.25, 0.3) is 10.8 Å². The third-order valence-corrected chi connectivity index (χ3v) is 3.78. The molecule has 27 heavy (non-hydrogen) atoms. The molecule has 0 saturated carbocycles. The van der Waals surface area contributed by atoms with E-state index in [1.807, 2.05) is 0 Å². The van der Waals surface area contributed by atoms with Gasteiger partial charge in [0.15, 0.2) is 0 Å². The van der Waals surface area contributed by atoms with Crippen molar-refractivity contribution in [2.45, 2.75) is 0 Å². The average Bonchev–Trinajstić information content (AvgIpc) is 2.59. The molecule has 0 aliphatic heterocycles. The number of benzene rings is 2. The summed E-state index contributed by atoms with van der Waals surface area (Å²) in [6.45, 7) is 4.82. The summed E-state index contributed by atoms with van der Waals surface area (Å²) < 4.78 is 0. The van der Waals surface area contributed by atoms with Gasteiger partial charge in [0.05, 0.1) is 28.2 Å². The Morgan fingerprint density at radius 3 is 1.04 bits per heavy atom. The van der Waals surface area contributed by atoms with Crippen LogP contribution in [0.1, 0.15) is 0 Å². The summed E-state index contributed by atoms with van der Waals surface area (Å²) in [5, 5.41) is 2.62. The zero-order valence-electron chi connectivity index (χ0n) is 19.3. The van der Waals surface area contributed by atoms with E-state index in [0.29, 0.717) is 0 Å². The molecular weight excluding hydrogens is 327 g/mol. The van der Waals surface area contributed by atoms with Crippen molar-refractivity contribution in [2.24, 2.45) is 0 Å². The molecule has 0 heterocycles. The Balaban J connectivity index is 0. The van der Waals surface area contributed by atoms with E-state index in [1.165, 1.54) is 33.7 Å². The molecule has 2 rings (SSSR count). The van der Waals surface area contributed by atoms with E-state index in [4.69, 9.17) is 0 Å². The van der Waals surface area contributed by atoms with Crippen molar-refractivity contribution < 1.29 is 28.7 Å². The Labute approximate surface area is 180 Å². The number of likely N-dealkylation sites (N-methyl/N-ethyl adjacent to an activating group) is 4. The normalized spacial score (nSPS) is 10.4. The van der Waals surface area contributed by atoms with E-state index in [2.05, 4.69) is 115 Å². The fourth-order valence-corrected chi connectivity index (χ4v) is 2.03. The van der Waals surface area contributed by atoms with Crippen LogP contribution in [0.4, 0.5) is 0 Å². The molecule has 2 aromatic rings. The Morgan fingerprint density at radius 2 is 0.852 bits per heavy atom. The summed E-state index contributed by atoms with van der Waals surface area (Å²) in [7, 11) is 17.1. The fourth-order valence-electron chi connectivity index (χ4n) is 2.03. The first kappa shape index (κ1) is 28.3. The van der Waals surface area contributed by atoms with Gasteiger partial charge in [0.25, 0.3) is 0 Å². The van der Waals surface area contributed by atoms with Gasteiger partial charge in [0, 0.05) is 13.1 Å². The Morgan fingerprint density at radius 1 is 0.593 bits per heavy atom. The van der Waals surface area contributed by atoms with Crippen LogP contribution in [0, 0.1) is 0 Å². The molecule has 0 aliphatic carbocycles. The molecule has 0 spiro atoms. The van der Waals surface area contributed by atoms with Crippen molar-refractivity contribution in [1.29, 1.82) is 0 Å². The van der Waals surface area contributed by atoms with Crippen LogP contribution in [0.5, 0.6) is 0 Å². The first-order valence-electron chi connectivity index (χ1n) is 9.53. The van der Waals surface area contributed by atoms with Crippen molar-refractivity contribution in [3.63, 3.8) is 0 Å². The van der Waals surface area contributed by atoms with E-state index < -0.39 is 0 Å². The van der Waals surface area contributed by atoms with Gasteiger partial charge in [-0.1, -0.05) is 48.5 Å². The van der Waals surface area contributed by atoms with Crippen LogP contribution in [0.2, 0.25) is 0 Å². The number of rotatable bonds is 6. The molecule has 0 radical (unpaired) electrons. The molecule has 148 valence electrons. The predicted molar refractivity (Wildman–Crippen MR) is 116 cm³/mol. The van der Waals surface area contributed by atoms with E-state index in [9.17, 15) is 0 Å². The zero-order valence-corrected chi connectivity index (χ0v) is 19.3. The fraction of sp³-hybridized carbons (Fsp3) is 0.545. The monoisotopic (exact) mass is 369 g/mol. The Hall–Kier alpha value is -0.863. The predicted octanol–water partition coefficient (Wildman–Crippen LogP) is -2.77. The van der Waals surface area contributed by atoms with Gasteiger partial charge in [-0.25, -0.2) is 0 Å². The summed E-state index contributed by atoms with van der Waals surface area (Å²) >= 11 is 0. The number of hydrogen-bond donors (Lipinski definition) is 2. The zero-order chi connectivity index (χ0) is 19.9. The van der Waals surface area contributed by atoms with Crippen LogP contribution in [-0.2, 0) is 0 Å². The van der Waals surface area contributed by atoms with Crippen LogP contribution in [0.15, 0.2) is 48.5 Å². The van der Waals surface area contributed by atoms with Crippen LogP contribution in [-0.4, -0.2) is 92.4 Å². The molecule has 0 saturated heterocycles. The topological polar surface area (TPSA) is 15.4 Å². The average molecular weight is 370 g/mol. The van der Waals surface area contributed by atoms with E-state index >= 15 is 0 Å². The standard InChI is InChI=1S/C10H8.2C6H16N2.Li/c1-2-6-10-8-4-3-7-9(10)5-1;2*1-7(2)5-6-8(3)4;/h1-8H;2*5-6H2,1-4H3;/q;;;+1/p+2. The van der Waals surface area contributed by atoms with Crippen molar-refractivity contribution in [1.82, 2.24) is 9.80 Å². The second-order valence-electron chi connectivity index (χ2n) is 7.87. The molecule has 0 unspecified atom stereocenters. The quantitative estimate of drug-likeness (QED) is 0.536. The third kappa shape index (κ3) is 18.3. The number of quaternary nitrogens is 2. The van der Waals surface area contributed by atoms with E-state index in [-0.39, 0.29) is 18.9 Å². The summed E-state index contributed by atoms with van der Waals surface area (Å²) in [6.07, 6.45) is 0. The number of nitrogens with zero attached hydrogens (tertiary/aromatic N) is 2. The molecule has 2 aromatic carbocycles. The molecule has 0 amide bonds. The maximum atomic E-state index is 2.18. The first-order valence-corrected chi connectivity index (χ1v) is 9.53. The van der Waals surface area contributed by atoms with Gasteiger partial charge in [0.2, 0.25) is 0 Å². The summed E-state index contributed by atoms with van der Waals surface area (Å²) in [5.74, 6) is 0. The minimum Gasteiger partial charge on any atom is -0.335 e. The maximum Gasteiger partial charge on any atom is 1.00 e. The summed E-state index contributed by atoms with van der Waals surface area (Å²) in [4.78, 5) is 7.43. The van der Waals surface area contributed by atoms with Crippen LogP contribution < -0.4 is 28.7 Å². The van der Waals surface area contributed by atoms with Crippen molar-refractivity contribution in [3.05, 3.63) is 48.5 Å². The largest absolute Gasteiger partial charge is 1.00 e. The molecule has 0 atom stereocenters. The first-order chi connectivity index (χ1) is 12.2. The van der Waals surface area contributed by atoms with Crippen LogP contribution >= 0.6 is 0 Å². The SMILES string of the molecule is CN(C)CCN(C)C.C[NH+](C)CC[NH+](C)C.[Li+].c1ccc2ccccc2c1. The number of hydrogen-bond acceptors (Lipinski definition) is 2. The van der Waals surface area contributed by atoms with Crippen molar-refractivity contribution >= 4 is 10.8 Å². The van der Waals surface area contributed by atoms with E-state index in [1.54, 1.807) is 0 Å². The summed E-state index contributed by atoms with van der Waals surface area (Å²) in [5.41, 5.74) is 0. The molecule has 5 heteroatoms. The van der Waals surface area contributed by atoms with Gasteiger partial charge in [0.1, 0.15) is 13.1 Å². The second-order valence-corrected chi connectivity index (χ2v) is 7.87. The third-order valence-electron chi connectivity index (χ3n) is 3.78. The smallest absolute Gasteiger partial charge is 0.335 e.